The number of hydrogen-bond acceptors (Lipinski definition) is 5. The summed E-state index contributed by atoms with van der Waals surface area (Å²) in [6.07, 6.45) is 4.39. The van der Waals surface area contributed by atoms with E-state index in [0.717, 1.165) is 38.5 Å². The van der Waals surface area contributed by atoms with Gasteiger partial charge in [-0.1, -0.05) is 36.4 Å². The van der Waals surface area contributed by atoms with Gasteiger partial charge < -0.3 is 14.0 Å². The number of carbonyl (C=O) groups excluding carboxylic acids is 1. The lowest BCUT2D eigenvalue weighted by Crippen LogP contribution is -2.21. The number of pyridine rings is 1. The van der Waals surface area contributed by atoms with Crippen molar-refractivity contribution >= 4 is 28.6 Å². The third-order valence-electron chi connectivity index (χ3n) is 5.67. The summed E-state index contributed by atoms with van der Waals surface area (Å²) >= 11 is 1.65. The molecule has 2 aromatic carbocycles. The minimum atomic E-state index is -0.398. The number of esters is 1. The molecule has 0 radical (unpaired) electrons. The van der Waals surface area contributed by atoms with Crippen molar-refractivity contribution in [1.29, 1.82) is 0 Å². The second-order valence-corrected chi connectivity index (χ2v) is 8.58. The van der Waals surface area contributed by atoms with Crippen LogP contribution in [0, 0.1) is 0 Å². The Morgan fingerprint density at radius 1 is 1.09 bits per heavy atom. The zero-order chi connectivity index (χ0) is 23.2. The van der Waals surface area contributed by atoms with Gasteiger partial charge in [-0.05, 0) is 55.5 Å². The molecule has 0 fully saturated rings. The first-order valence-corrected chi connectivity index (χ1v) is 12.2. The highest BCUT2D eigenvalue weighted by Crippen LogP contribution is 2.40. The summed E-state index contributed by atoms with van der Waals surface area (Å²) in [7, 11) is 2.02. The average Bonchev–Trinajstić information content (AvgIpc) is 3.13. The number of aromatic nitrogens is 2. The topological polar surface area (TPSA) is 53.4 Å². The molecule has 1 atom stereocenters. The zero-order valence-electron chi connectivity index (χ0n) is 19.2. The van der Waals surface area contributed by atoms with Crippen LogP contribution in [0.3, 0.4) is 0 Å². The van der Waals surface area contributed by atoms with Gasteiger partial charge in [-0.3, -0.25) is 9.78 Å². The van der Waals surface area contributed by atoms with Crippen molar-refractivity contribution in [2.75, 3.05) is 12.9 Å². The van der Waals surface area contributed by atoms with E-state index in [4.69, 9.17) is 9.47 Å². The summed E-state index contributed by atoms with van der Waals surface area (Å²) in [6, 6.07) is 22.0. The smallest absolute Gasteiger partial charge is 0.315 e. The number of carbonyl (C=O) groups is 1. The summed E-state index contributed by atoms with van der Waals surface area (Å²) in [5.41, 5.74) is 4.01. The molecule has 0 saturated heterocycles. The molecule has 0 saturated carbocycles. The van der Waals surface area contributed by atoms with Gasteiger partial charge in [0.05, 0.1) is 12.3 Å². The number of hydrogen-bond donors (Lipinski definition) is 0. The lowest BCUT2D eigenvalue weighted by atomic mass is 9.96. The molecule has 5 nitrogen and oxygen atoms in total. The van der Waals surface area contributed by atoms with Gasteiger partial charge in [0.1, 0.15) is 18.3 Å². The number of fused-ring (bicyclic) bond motifs is 1. The molecular weight excluding hydrogens is 432 g/mol. The van der Waals surface area contributed by atoms with Gasteiger partial charge >= 0.3 is 5.97 Å². The Bertz CT molecular complexity index is 1220. The van der Waals surface area contributed by atoms with E-state index in [0.29, 0.717) is 19.6 Å². The van der Waals surface area contributed by atoms with Gasteiger partial charge in [0.15, 0.2) is 0 Å². The first-order valence-electron chi connectivity index (χ1n) is 11.0. The molecule has 0 aliphatic carbocycles. The summed E-state index contributed by atoms with van der Waals surface area (Å²) in [6.45, 7) is 2.61. The highest BCUT2D eigenvalue weighted by molar-refractivity contribution is 7.98. The molecule has 6 heteroatoms. The molecule has 0 spiro atoms. The lowest BCUT2D eigenvalue weighted by Gasteiger charge is -2.18. The van der Waals surface area contributed by atoms with E-state index in [2.05, 4.69) is 33.8 Å². The fourth-order valence-corrected chi connectivity index (χ4v) is 5.00. The Balaban J connectivity index is 1.73. The van der Waals surface area contributed by atoms with Gasteiger partial charge in [-0.2, -0.15) is 0 Å². The Morgan fingerprint density at radius 2 is 1.88 bits per heavy atom. The number of rotatable bonds is 9. The van der Waals surface area contributed by atoms with Crippen LogP contribution >= 0.6 is 11.8 Å². The number of ether oxygens (including phenoxy) is 2. The van der Waals surface area contributed by atoms with E-state index in [1.807, 2.05) is 62.7 Å². The van der Waals surface area contributed by atoms with Gasteiger partial charge in [-0.15, -0.1) is 11.8 Å². The Hall–Kier alpha value is -3.25. The van der Waals surface area contributed by atoms with Gasteiger partial charge in [-0.25, -0.2) is 0 Å². The Kier molecular flexibility index (Phi) is 7.35. The van der Waals surface area contributed by atoms with Crippen LogP contribution in [0.15, 0.2) is 77.8 Å². The van der Waals surface area contributed by atoms with Crippen molar-refractivity contribution in [2.24, 2.45) is 7.05 Å². The number of nitrogens with zero attached hydrogens (tertiary/aromatic N) is 2. The maximum atomic E-state index is 13.1. The normalized spacial score (nSPS) is 12.0. The molecule has 4 rings (SSSR count). The highest BCUT2D eigenvalue weighted by Gasteiger charge is 2.30. The zero-order valence-corrected chi connectivity index (χ0v) is 20.0. The second kappa shape index (κ2) is 10.6. The fraction of sp³-hybridized carbons (Fsp3) is 0.259. The Morgan fingerprint density at radius 3 is 2.58 bits per heavy atom. The monoisotopic (exact) mass is 460 g/mol. The van der Waals surface area contributed by atoms with Crippen LogP contribution < -0.4 is 4.74 Å². The average molecular weight is 461 g/mol. The van der Waals surface area contributed by atoms with Crippen molar-refractivity contribution in [3.05, 3.63) is 89.9 Å². The predicted octanol–water partition coefficient (Wildman–Crippen LogP) is 5.76. The lowest BCUT2D eigenvalue weighted by molar-refractivity contribution is -0.145. The molecule has 0 aliphatic heterocycles. The quantitative estimate of drug-likeness (QED) is 0.235. The molecule has 33 heavy (non-hydrogen) atoms. The number of benzene rings is 2. The van der Waals surface area contributed by atoms with Crippen molar-refractivity contribution in [3.8, 4) is 5.75 Å². The predicted molar refractivity (Wildman–Crippen MR) is 133 cm³/mol. The van der Waals surface area contributed by atoms with Crippen LogP contribution in [0.25, 0.3) is 10.9 Å². The van der Waals surface area contributed by atoms with E-state index < -0.39 is 5.92 Å². The van der Waals surface area contributed by atoms with E-state index in [1.165, 1.54) is 0 Å². The van der Waals surface area contributed by atoms with E-state index in [9.17, 15) is 4.79 Å². The van der Waals surface area contributed by atoms with Crippen molar-refractivity contribution in [2.45, 2.75) is 30.8 Å². The van der Waals surface area contributed by atoms with E-state index in [1.54, 1.807) is 18.0 Å². The standard InChI is InChI=1S/C27H28N2O3S/c1-4-31-27(30)23(16-19-10-6-5-7-11-19)25-26(33-3)22-17-21(13-14-24(22)29(25)2)32-18-20-12-8-9-15-28-20/h5-15,17,23H,4,16,18H2,1-3H3. The third kappa shape index (κ3) is 5.06. The van der Waals surface area contributed by atoms with Gasteiger partial charge in [0.2, 0.25) is 0 Å². The fourth-order valence-electron chi connectivity index (χ4n) is 4.13. The van der Waals surface area contributed by atoms with Crippen molar-refractivity contribution in [3.63, 3.8) is 0 Å². The van der Waals surface area contributed by atoms with Crippen LogP contribution in [0.4, 0.5) is 0 Å². The minimum Gasteiger partial charge on any atom is -0.487 e. The van der Waals surface area contributed by atoms with Crippen LogP contribution in [0.2, 0.25) is 0 Å². The SMILES string of the molecule is CCOC(=O)C(Cc1ccccc1)c1c(SC)c2cc(OCc3ccccn3)ccc2n1C. The summed E-state index contributed by atoms with van der Waals surface area (Å²) in [4.78, 5) is 18.5. The molecule has 170 valence electrons. The van der Waals surface area contributed by atoms with Gasteiger partial charge in [0, 0.05) is 34.7 Å². The molecule has 2 heterocycles. The third-order valence-corrected chi connectivity index (χ3v) is 6.51. The number of aryl methyl sites for hydroxylation is 1. The first-order chi connectivity index (χ1) is 16.1. The van der Waals surface area contributed by atoms with Crippen LogP contribution in [0.5, 0.6) is 5.75 Å². The maximum Gasteiger partial charge on any atom is 0.315 e. The minimum absolute atomic E-state index is 0.200. The van der Waals surface area contributed by atoms with Gasteiger partial charge in [0.25, 0.3) is 0 Å². The number of thioether (sulfide) groups is 1. The molecule has 4 aromatic rings. The van der Waals surface area contributed by atoms with Crippen LogP contribution in [0.1, 0.15) is 29.8 Å². The molecular formula is C27H28N2O3S. The highest BCUT2D eigenvalue weighted by atomic mass is 32.2. The summed E-state index contributed by atoms with van der Waals surface area (Å²) in [5, 5.41) is 1.07. The van der Waals surface area contributed by atoms with Crippen LogP contribution in [-0.4, -0.2) is 28.4 Å². The molecule has 0 bridgehead atoms. The van der Waals surface area contributed by atoms with Crippen molar-refractivity contribution < 1.29 is 14.3 Å². The molecule has 1 unspecified atom stereocenters. The van der Waals surface area contributed by atoms with E-state index in [-0.39, 0.29) is 5.97 Å². The molecule has 0 N–H and O–H groups in total. The second-order valence-electron chi connectivity index (χ2n) is 7.76. The molecule has 2 aromatic heterocycles. The molecule has 0 aliphatic rings. The largest absolute Gasteiger partial charge is 0.487 e. The molecule has 0 amide bonds. The Labute approximate surface area is 198 Å². The van der Waals surface area contributed by atoms with Crippen molar-refractivity contribution in [1.82, 2.24) is 9.55 Å². The van der Waals surface area contributed by atoms with Crippen LogP contribution in [-0.2, 0) is 29.6 Å². The maximum absolute atomic E-state index is 13.1. The summed E-state index contributed by atoms with van der Waals surface area (Å²) in [5.74, 6) is 0.176. The van der Waals surface area contributed by atoms with E-state index >= 15 is 0 Å². The first kappa shape index (κ1) is 22.9. The summed E-state index contributed by atoms with van der Waals surface area (Å²) < 4.78 is 13.6.